The summed E-state index contributed by atoms with van der Waals surface area (Å²) >= 11 is 1.60. The summed E-state index contributed by atoms with van der Waals surface area (Å²) in [6.07, 6.45) is 0.882. The molecule has 0 aliphatic rings. The largest absolute Gasteiger partial charge is 0.481 e. The van der Waals surface area contributed by atoms with E-state index in [0.717, 1.165) is 12.0 Å². The van der Waals surface area contributed by atoms with Crippen molar-refractivity contribution in [3.63, 3.8) is 0 Å². The van der Waals surface area contributed by atoms with Crippen molar-refractivity contribution >= 4 is 23.3 Å². The maximum atomic E-state index is 12.0. The van der Waals surface area contributed by atoms with Crippen LogP contribution in [0, 0.1) is 11.8 Å². The summed E-state index contributed by atoms with van der Waals surface area (Å²) in [6.45, 7) is 5.07. The van der Waals surface area contributed by atoms with E-state index < -0.39 is 5.97 Å². The van der Waals surface area contributed by atoms with Gasteiger partial charge in [-0.3, -0.25) is 4.79 Å². The Morgan fingerprint density at radius 1 is 1.43 bits per heavy atom. The fraction of sp³-hybridized carbons (Fsp3) is 0.600. The molecule has 1 heterocycles. The van der Waals surface area contributed by atoms with Gasteiger partial charge in [0.2, 0.25) is 0 Å². The minimum Gasteiger partial charge on any atom is -0.481 e. The second kappa shape index (κ2) is 8.67. The molecule has 2 N–H and O–H groups in total. The van der Waals surface area contributed by atoms with Gasteiger partial charge in [-0.25, -0.2) is 4.79 Å². The summed E-state index contributed by atoms with van der Waals surface area (Å²) in [5, 5.41) is 15.7. The van der Waals surface area contributed by atoms with Gasteiger partial charge >= 0.3 is 12.0 Å². The quantitative estimate of drug-likeness (QED) is 0.775. The van der Waals surface area contributed by atoms with Gasteiger partial charge in [-0.15, -0.1) is 0 Å². The number of carboxylic acids is 1. The number of carboxylic acid groups (broad SMARTS) is 1. The third kappa shape index (κ3) is 7.13. The Balaban J connectivity index is 2.42. The Labute approximate surface area is 130 Å². The van der Waals surface area contributed by atoms with Crippen LogP contribution in [0.2, 0.25) is 0 Å². The fourth-order valence-corrected chi connectivity index (χ4v) is 2.91. The molecule has 0 aromatic carbocycles. The van der Waals surface area contributed by atoms with Crippen LogP contribution < -0.4 is 5.32 Å². The number of amides is 2. The minimum atomic E-state index is -0.818. The van der Waals surface area contributed by atoms with Gasteiger partial charge in [-0.2, -0.15) is 11.3 Å². The first-order valence-corrected chi connectivity index (χ1v) is 8.04. The molecule has 0 fully saturated rings. The zero-order valence-electron chi connectivity index (χ0n) is 12.8. The van der Waals surface area contributed by atoms with Gasteiger partial charge in [-0.1, -0.05) is 13.8 Å². The van der Waals surface area contributed by atoms with E-state index in [1.165, 1.54) is 0 Å². The summed E-state index contributed by atoms with van der Waals surface area (Å²) in [7, 11) is 1.74. The van der Waals surface area contributed by atoms with Crippen molar-refractivity contribution in [1.82, 2.24) is 10.2 Å². The maximum Gasteiger partial charge on any atom is 0.317 e. The van der Waals surface area contributed by atoms with Crippen LogP contribution in [-0.2, 0) is 11.3 Å². The molecule has 21 heavy (non-hydrogen) atoms. The van der Waals surface area contributed by atoms with Crippen molar-refractivity contribution in [2.75, 3.05) is 13.6 Å². The van der Waals surface area contributed by atoms with E-state index in [-0.39, 0.29) is 18.4 Å². The number of hydrogen-bond donors (Lipinski definition) is 2. The van der Waals surface area contributed by atoms with Gasteiger partial charge in [0.1, 0.15) is 0 Å². The summed E-state index contributed by atoms with van der Waals surface area (Å²) in [6, 6.07) is 1.82. The van der Waals surface area contributed by atoms with Crippen molar-refractivity contribution in [3.8, 4) is 0 Å². The SMILES string of the molecule is CC(C)CC(CNC(=O)N(C)Cc1ccsc1)CC(=O)O. The van der Waals surface area contributed by atoms with Crippen LogP contribution in [0.5, 0.6) is 0 Å². The average molecular weight is 312 g/mol. The molecule has 1 unspecified atom stereocenters. The van der Waals surface area contributed by atoms with Crippen molar-refractivity contribution in [2.24, 2.45) is 11.8 Å². The highest BCUT2D eigenvalue weighted by molar-refractivity contribution is 7.07. The van der Waals surface area contributed by atoms with Crippen LogP contribution in [0.1, 0.15) is 32.3 Å². The van der Waals surface area contributed by atoms with Gasteiger partial charge in [0, 0.05) is 26.6 Å². The second-order valence-electron chi connectivity index (χ2n) is 5.77. The first-order chi connectivity index (χ1) is 9.88. The lowest BCUT2D eigenvalue weighted by atomic mass is 9.94. The number of thiophene rings is 1. The molecule has 1 aromatic heterocycles. The van der Waals surface area contributed by atoms with E-state index in [0.29, 0.717) is 19.0 Å². The molecule has 2 amide bonds. The normalized spacial score (nSPS) is 12.2. The highest BCUT2D eigenvalue weighted by atomic mass is 32.1. The molecule has 0 saturated heterocycles. The van der Waals surface area contributed by atoms with Crippen LogP contribution in [0.4, 0.5) is 4.79 Å². The second-order valence-corrected chi connectivity index (χ2v) is 6.55. The maximum absolute atomic E-state index is 12.0. The number of hydrogen-bond acceptors (Lipinski definition) is 3. The average Bonchev–Trinajstić information content (AvgIpc) is 2.86. The Kier molecular flexibility index (Phi) is 7.22. The number of urea groups is 1. The highest BCUT2D eigenvalue weighted by Gasteiger charge is 2.17. The topological polar surface area (TPSA) is 69.6 Å². The summed E-state index contributed by atoms with van der Waals surface area (Å²) < 4.78 is 0. The van der Waals surface area contributed by atoms with E-state index >= 15 is 0 Å². The standard InChI is InChI=1S/C15H24N2O3S/c1-11(2)6-13(7-14(18)19)8-16-15(20)17(3)9-12-4-5-21-10-12/h4-5,10-11,13H,6-9H2,1-3H3,(H,16,20)(H,18,19). The van der Waals surface area contributed by atoms with Crippen LogP contribution in [0.25, 0.3) is 0 Å². The summed E-state index contributed by atoms with van der Waals surface area (Å²) in [5.41, 5.74) is 1.10. The summed E-state index contributed by atoms with van der Waals surface area (Å²) in [4.78, 5) is 24.5. The highest BCUT2D eigenvalue weighted by Crippen LogP contribution is 2.15. The lowest BCUT2D eigenvalue weighted by molar-refractivity contribution is -0.138. The first-order valence-electron chi connectivity index (χ1n) is 7.10. The van der Waals surface area contributed by atoms with Gasteiger partial charge in [0.05, 0.1) is 0 Å². The molecule has 1 atom stereocenters. The Bertz CT molecular complexity index is 446. The predicted molar refractivity (Wildman–Crippen MR) is 84.4 cm³/mol. The molecule has 0 aliphatic carbocycles. The molecule has 5 nitrogen and oxygen atoms in total. The van der Waals surface area contributed by atoms with Gasteiger partial charge in [-0.05, 0) is 40.6 Å². The third-order valence-electron chi connectivity index (χ3n) is 3.16. The van der Waals surface area contributed by atoms with E-state index in [1.54, 1.807) is 23.3 Å². The Morgan fingerprint density at radius 2 is 2.14 bits per heavy atom. The number of rotatable bonds is 8. The fourth-order valence-electron chi connectivity index (χ4n) is 2.25. The molecule has 0 aliphatic heterocycles. The molecule has 0 saturated carbocycles. The predicted octanol–water partition coefficient (Wildman–Crippen LogP) is 3.03. The minimum absolute atomic E-state index is 0.0269. The van der Waals surface area contributed by atoms with Crippen molar-refractivity contribution < 1.29 is 14.7 Å². The smallest absolute Gasteiger partial charge is 0.317 e. The van der Waals surface area contributed by atoms with E-state index in [2.05, 4.69) is 19.2 Å². The molecule has 0 bridgehead atoms. The van der Waals surface area contributed by atoms with Crippen LogP contribution >= 0.6 is 11.3 Å². The van der Waals surface area contributed by atoms with Crippen LogP contribution in [0.3, 0.4) is 0 Å². The third-order valence-corrected chi connectivity index (χ3v) is 3.89. The number of nitrogens with zero attached hydrogens (tertiary/aromatic N) is 1. The van der Waals surface area contributed by atoms with E-state index in [1.807, 2.05) is 16.8 Å². The molecule has 0 spiro atoms. The molecular formula is C15H24N2O3S. The van der Waals surface area contributed by atoms with E-state index in [9.17, 15) is 9.59 Å². The molecule has 6 heteroatoms. The van der Waals surface area contributed by atoms with Crippen LogP contribution in [-0.4, -0.2) is 35.6 Å². The van der Waals surface area contributed by atoms with Gasteiger partial charge in [0.25, 0.3) is 0 Å². The zero-order chi connectivity index (χ0) is 15.8. The first kappa shape index (κ1) is 17.5. The molecule has 1 rings (SSSR count). The van der Waals surface area contributed by atoms with E-state index in [4.69, 9.17) is 5.11 Å². The van der Waals surface area contributed by atoms with Crippen molar-refractivity contribution in [1.29, 1.82) is 0 Å². The van der Waals surface area contributed by atoms with Gasteiger partial charge < -0.3 is 15.3 Å². The Hall–Kier alpha value is -1.56. The van der Waals surface area contributed by atoms with Gasteiger partial charge in [0.15, 0.2) is 0 Å². The molecule has 118 valence electrons. The number of nitrogens with one attached hydrogen (secondary N) is 1. The summed E-state index contributed by atoms with van der Waals surface area (Å²) in [5.74, 6) is -0.433. The lowest BCUT2D eigenvalue weighted by Gasteiger charge is -2.21. The number of carbonyl (C=O) groups is 2. The molecule has 0 radical (unpaired) electrons. The number of carbonyl (C=O) groups excluding carboxylic acids is 1. The zero-order valence-corrected chi connectivity index (χ0v) is 13.7. The molecular weight excluding hydrogens is 288 g/mol. The Morgan fingerprint density at radius 3 is 2.67 bits per heavy atom. The van der Waals surface area contributed by atoms with Crippen LogP contribution in [0.15, 0.2) is 16.8 Å². The van der Waals surface area contributed by atoms with Crippen molar-refractivity contribution in [3.05, 3.63) is 22.4 Å². The monoisotopic (exact) mass is 312 g/mol. The molecule has 1 aromatic rings. The number of aliphatic carboxylic acids is 1. The lowest BCUT2D eigenvalue weighted by Crippen LogP contribution is -2.39. The van der Waals surface area contributed by atoms with Crippen molar-refractivity contribution in [2.45, 2.75) is 33.2 Å².